The summed E-state index contributed by atoms with van der Waals surface area (Å²) < 4.78 is 5.53. The van der Waals surface area contributed by atoms with Crippen LogP contribution in [0.5, 0.6) is 0 Å². The fourth-order valence-corrected chi connectivity index (χ4v) is 4.00. The molecule has 0 spiro atoms. The van der Waals surface area contributed by atoms with Crippen molar-refractivity contribution in [3.63, 3.8) is 0 Å². The van der Waals surface area contributed by atoms with Crippen molar-refractivity contribution in [3.8, 4) is 11.1 Å². The third kappa shape index (κ3) is 5.46. The first-order valence-corrected chi connectivity index (χ1v) is 11.0. The highest BCUT2D eigenvalue weighted by Crippen LogP contribution is 2.44. The van der Waals surface area contributed by atoms with E-state index in [9.17, 15) is 14.4 Å². The minimum absolute atomic E-state index is 0.0518. The van der Waals surface area contributed by atoms with Gasteiger partial charge < -0.3 is 20.5 Å². The van der Waals surface area contributed by atoms with Gasteiger partial charge in [0.05, 0.1) is 5.92 Å². The van der Waals surface area contributed by atoms with E-state index in [0.717, 1.165) is 22.3 Å². The van der Waals surface area contributed by atoms with E-state index >= 15 is 0 Å². The number of rotatable bonds is 10. The van der Waals surface area contributed by atoms with Crippen molar-refractivity contribution in [1.29, 1.82) is 0 Å². The Bertz CT molecular complexity index is 929. The molecule has 32 heavy (non-hydrogen) atoms. The van der Waals surface area contributed by atoms with E-state index in [1.54, 1.807) is 6.92 Å². The molecular weight excluding hydrogens is 408 g/mol. The van der Waals surface area contributed by atoms with Gasteiger partial charge in [-0.2, -0.15) is 0 Å². The van der Waals surface area contributed by atoms with E-state index in [1.807, 2.05) is 43.3 Å². The molecule has 2 amide bonds. The fraction of sp³-hybridized carbons (Fsp3) is 0.400. The molecule has 0 aliphatic heterocycles. The first-order valence-electron chi connectivity index (χ1n) is 11.0. The number of carbonyl (C=O) groups is 3. The third-order valence-electron chi connectivity index (χ3n) is 5.83. The topological polar surface area (TPSA) is 105 Å². The number of ether oxygens (including phenoxy) is 1. The maximum atomic E-state index is 12.5. The minimum Gasteiger partial charge on any atom is -0.481 e. The van der Waals surface area contributed by atoms with Gasteiger partial charge in [0.15, 0.2) is 0 Å². The van der Waals surface area contributed by atoms with Gasteiger partial charge in [-0.1, -0.05) is 68.8 Å². The Kier molecular flexibility index (Phi) is 7.87. The zero-order valence-corrected chi connectivity index (χ0v) is 18.5. The van der Waals surface area contributed by atoms with Gasteiger partial charge in [0, 0.05) is 12.5 Å². The van der Waals surface area contributed by atoms with Crippen LogP contribution in [0.1, 0.15) is 50.2 Å². The van der Waals surface area contributed by atoms with Crippen LogP contribution in [0.15, 0.2) is 48.5 Å². The molecule has 0 fully saturated rings. The molecule has 2 aromatic carbocycles. The third-order valence-corrected chi connectivity index (χ3v) is 5.83. The van der Waals surface area contributed by atoms with Crippen molar-refractivity contribution in [3.05, 3.63) is 59.7 Å². The van der Waals surface area contributed by atoms with Gasteiger partial charge in [-0.05, 0) is 35.1 Å². The predicted molar refractivity (Wildman–Crippen MR) is 121 cm³/mol. The summed E-state index contributed by atoms with van der Waals surface area (Å²) in [5.74, 6) is -1.84. The molecule has 2 atom stereocenters. The average Bonchev–Trinajstić information content (AvgIpc) is 3.11. The van der Waals surface area contributed by atoms with Gasteiger partial charge in [0.2, 0.25) is 5.91 Å². The van der Waals surface area contributed by atoms with Crippen LogP contribution in [0.25, 0.3) is 11.1 Å². The Hall–Kier alpha value is -3.35. The van der Waals surface area contributed by atoms with E-state index in [-0.39, 0.29) is 25.0 Å². The number of aliphatic carboxylic acids is 1. The summed E-state index contributed by atoms with van der Waals surface area (Å²) in [7, 11) is 0. The van der Waals surface area contributed by atoms with E-state index in [4.69, 9.17) is 9.84 Å². The monoisotopic (exact) mass is 438 g/mol. The molecule has 0 heterocycles. The molecule has 3 rings (SSSR count). The van der Waals surface area contributed by atoms with Crippen molar-refractivity contribution in [2.75, 3.05) is 13.2 Å². The largest absolute Gasteiger partial charge is 0.481 e. The van der Waals surface area contributed by atoms with Crippen LogP contribution in [-0.2, 0) is 14.3 Å². The second-order valence-corrected chi connectivity index (χ2v) is 8.13. The number of carboxylic acids is 1. The van der Waals surface area contributed by atoms with Gasteiger partial charge in [-0.15, -0.1) is 0 Å². The van der Waals surface area contributed by atoms with E-state index in [1.165, 1.54) is 0 Å². The molecule has 2 unspecified atom stereocenters. The number of carboxylic acid groups (broad SMARTS) is 1. The van der Waals surface area contributed by atoms with Crippen LogP contribution in [-0.4, -0.2) is 42.3 Å². The van der Waals surface area contributed by atoms with Crippen molar-refractivity contribution in [1.82, 2.24) is 10.6 Å². The molecular formula is C25H30N2O5. The molecule has 0 aromatic heterocycles. The second kappa shape index (κ2) is 10.8. The smallest absolute Gasteiger partial charge is 0.407 e. The standard InChI is InChI=1S/C25H30N2O5/c1-3-8-22(23(28)26-14-13-16(2)24(29)30)27-25(31)32-15-21-19-11-6-4-9-17(19)18-10-5-7-12-20(18)21/h4-7,9-12,16,21-22H,3,8,13-15H2,1-2H3,(H,26,28)(H,27,31)(H,29,30). The summed E-state index contributed by atoms with van der Waals surface area (Å²) in [4.78, 5) is 35.9. The lowest BCUT2D eigenvalue weighted by atomic mass is 9.98. The Labute approximate surface area is 188 Å². The summed E-state index contributed by atoms with van der Waals surface area (Å²) in [6.45, 7) is 3.93. The van der Waals surface area contributed by atoms with Crippen LogP contribution in [0.3, 0.4) is 0 Å². The highest BCUT2D eigenvalue weighted by Gasteiger charge is 2.29. The van der Waals surface area contributed by atoms with Crippen molar-refractivity contribution >= 4 is 18.0 Å². The number of nitrogens with one attached hydrogen (secondary N) is 2. The zero-order valence-electron chi connectivity index (χ0n) is 18.5. The zero-order chi connectivity index (χ0) is 23.1. The molecule has 0 saturated carbocycles. The van der Waals surface area contributed by atoms with Crippen molar-refractivity contribution in [2.45, 2.75) is 45.1 Å². The van der Waals surface area contributed by atoms with E-state index in [0.29, 0.717) is 19.3 Å². The molecule has 3 N–H and O–H groups in total. The summed E-state index contributed by atoms with van der Waals surface area (Å²) in [6.07, 6.45) is 0.849. The van der Waals surface area contributed by atoms with E-state index < -0.39 is 24.0 Å². The van der Waals surface area contributed by atoms with Crippen LogP contribution < -0.4 is 10.6 Å². The van der Waals surface area contributed by atoms with E-state index in [2.05, 4.69) is 22.8 Å². The Morgan fingerprint density at radius 1 is 1.00 bits per heavy atom. The molecule has 7 heteroatoms. The average molecular weight is 439 g/mol. The predicted octanol–water partition coefficient (Wildman–Crippen LogP) is 3.92. The lowest BCUT2D eigenvalue weighted by molar-refractivity contribution is -0.141. The molecule has 7 nitrogen and oxygen atoms in total. The number of fused-ring (bicyclic) bond motifs is 3. The van der Waals surface area contributed by atoms with Crippen LogP contribution in [0, 0.1) is 5.92 Å². The van der Waals surface area contributed by atoms with Crippen LogP contribution in [0.2, 0.25) is 0 Å². The SMILES string of the molecule is CCCC(NC(=O)OCC1c2ccccc2-c2ccccc21)C(=O)NCCC(C)C(=O)O. The quantitative estimate of drug-likeness (QED) is 0.521. The molecule has 2 aromatic rings. The molecule has 1 aliphatic carbocycles. The van der Waals surface area contributed by atoms with Crippen LogP contribution >= 0.6 is 0 Å². The second-order valence-electron chi connectivity index (χ2n) is 8.13. The fourth-order valence-electron chi connectivity index (χ4n) is 4.00. The van der Waals surface area contributed by atoms with Crippen molar-refractivity contribution in [2.24, 2.45) is 5.92 Å². The minimum atomic E-state index is -0.902. The Morgan fingerprint density at radius 2 is 1.59 bits per heavy atom. The molecule has 0 saturated heterocycles. The first kappa shape index (κ1) is 23.3. The highest BCUT2D eigenvalue weighted by molar-refractivity contribution is 5.85. The molecule has 0 radical (unpaired) electrons. The Balaban J connectivity index is 1.57. The van der Waals surface area contributed by atoms with Crippen molar-refractivity contribution < 1.29 is 24.2 Å². The summed E-state index contributed by atoms with van der Waals surface area (Å²) >= 11 is 0. The highest BCUT2D eigenvalue weighted by atomic mass is 16.5. The molecule has 1 aliphatic rings. The van der Waals surface area contributed by atoms with Gasteiger partial charge in [0.25, 0.3) is 0 Å². The number of hydrogen-bond donors (Lipinski definition) is 3. The summed E-state index contributed by atoms with van der Waals surface area (Å²) in [6, 6.07) is 15.5. The summed E-state index contributed by atoms with van der Waals surface area (Å²) in [5, 5.41) is 14.3. The Morgan fingerprint density at radius 3 is 2.16 bits per heavy atom. The van der Waals surface area contributed by atoms with Gasteiger partial charge >= 0.3 is 12.1 Å². The van der Waals surface area contributed by atoms with Gasteiger partial charge in [0.1, 0.15) is 12.6 Å². The first-order chi connectivity index (χ1) is 15.4. The molecule has 170 valence electrons. The number of benzene rings is 2. The molecule has 0 bridgehead atoms. The number of carbonyl (C=O) groups excluding carboxylic acids is 2. The van der Waals surface area contributed by atoms with Gasteiger partial charge in [-0.25, -0.2) is 4.79 Å². The lowest BCUT2D eigenvalue weighted by Gasteiger charge is -2.19. The maximum Gasteiger partial charge on any atom is 0.407 e. The summed E-state index contributed by atoms with van der Waals surface area (Å²) in [5.41, 5.74) is 4.54. The maximum absolute atomic E-state index is 12.5. The number of alkyl carbamates (subject to hydrolysis) is 1. The van der Waals surface area contributed by atoms with Crippen LogP contribution in [0.4, 0.5) is 4.79 Å². The number of amides is 2. The lowest BCUT2D eigenvalue weighted by Crippen LogP contribution is -2.47. The van der Waals surface area contributed by atoms with Gasteiger partial charge in [-0.3, -0.25) is 9.59 Å². The number of hydrogen-bond acceptors (Lipinski definition) is 4. The normalized spacial score (nSPS) is 14.1.